The van der Waals surface area contributed by atoms with E-state index in [1.54, 1.807) is 17.5 Å². The normalized spacial score (nSPS) is 18.3. The lowest BCUT2D eigenvalue weighted by Crippen LogP contribution is -2.24. The Morgan fingerprint density at radius 1 is 1.16 bits per heavy atom. The van der Waals surface area contributed by atoms with Crippen LogP contribution < -0.4 is 15.8 Å². The summed E-state index contributed by atoms with van der Waals surface area (Å²) in [5.74, 6) is -0.0420. The molecule has 0 saturated carbocycles. The number of nitrogens with zero attached hydrogens (tertiary/aromatic N) is 2. The Balaban J connectivity index is 1.38. The van der Waals surface area contributed by atoms with Crippen molar-refractivity contribution in [2.45, 2.75) is 42.9 Å². The van der Waals surface area contributed by atoms with Gasteiger partial charge in [0.05, 0.1) is 26.6 Å². The molecule has 1 aliphatic rings. The Morgan fingerprint density at radius 2 is 1.95 bits per heavy atom. The standard InChI is InChI=1S/C32H34N6OS5/c1-3-15-35-31-21(4-2)18-28(43-31)30(39)36-23-11-8-12-24(19-23)44(40,41)38-26(17-20-9-7-10-22(16-20)29(33)34)32-37-25-13-5-6-14-27(25)42-32/h3-16,19,26,28,38,40-41H,17-18H2,1-2H3,(H3,33,34)(H,36,39)/b15-3-,21-4-,35-31+. The van der Waals surface area contributed by atoms with Crippen molar-refractivity contribution in [2.75, 3.05) is 5.32 Å². The summed E-state index contributed by atoms with van der Waals surface area (Å²) in [6, 6.07) is 23.2. The van der Waals surface area contributed by atoms with Gasteiger partial charge in [-0.3, -0.25) is 14.9 Å². The van der Waals surface area contributed by atoms with Crippen LogP contribution in [-0.4, -0.2) is 27.0 Å². The number of nitrogen functional groups attached to an aromatic ring is 1. The van der Waals surface area contributed by atoms with Crippen molar-refractivity contribution < 1.29 is 4.79 Å². The predicted molar refractivity (Wildman–Crippen MR) is 198 cm³/mol. The molecule has 228 valence electrons. The van der Waals surface area contributed by atoms with Crippen molar-refractivity contribution in [3.8, 4) is 0 Å². The summed E-state index contributed by atoms with van der Waals surface area (Å²) in [6.07, 6.45) is 6.88. The maximum Gasteiger partial charge on any atom is 0.238 e. The number of amides is 1. The Morgan fingerprint density at radius 3 is 2.70 bits per heavy atom. The maximum atomic E-state index is 13.3. The van der Waals surface area contributed by atoms with Crippen molar-refractivity contribution in [2.24, 2.45) is 10.7 Å². The van der Waals surface area contributed by atoms with Crippen LogP contribution >= 0.6 is 54.7 Å². The summed E-state index contributed by atoms with van der Waals surface area (Å²) in [5, 5.41) is 12.5. The van der Waals surface area contributed by atoms with Crippen LogP contribution in [-0.2, 0) is 11.2 Å². The minimum absolute atomic E-state index is 0.0258. The number of aromatic nitrogens is 1. The van der Waals surface area contributed by atoms with Gasteiger partial charge in [-0.1, -0.05) is 68.6 Å². The molecule has 4 aromatic rings. The summed E-state index contributed by atoms with van der Waals surface area (Å²) >= 11 is 13.2. The molecule has 0 spiro atoms. The number of para-hydroxylation sites is 1. The first-order chi connectivity index (χ1) is 21.2. The number of aliphatic imine (C=N–C) groups is 1. The second-order valence-electron chi connectivity index (χ2n) is 10.1. The quantitative estimate of drug-likeness (QED) is 0.0438. The minimum atomic E-state index is -2.15. The lowest BCUT2D eigenvalue weighted by atomic mass is 10.0. The van der Waals surface area contributed by atoms with E-state index in [1.807, 2.05) is 92.7 Å². The molecule has 2 unspecified atom stereocenters. The third kappa shape index (κ3) is 7.79. The molecule has 44 heavy (non-hydrogen) atoms. The fourth-order valence-electron chi connectivity index (χ4n) is 4.74. The van der Waals surface area contributed by atoms with Crippen LogP contribution in [0, 0.1) is 5.41 Å². The van der Waals surface area contributed by atoms with Gasteiger partial charge in [0, 0.05) is 22.3 Å². The van der Waals surface area contributed by atoms with E-state index in [0.29, 0.717) is 24.1 Å². The molecule has 12 heteroatoms. The number of nitrogens with one attached hydrogen (secondary N) is 3. The molecule has 3 aromatic carbocycles. The fraction of sp³-hybridized carbons (Fsp3) is 0.188. The van der Waals surface area contributed by atoms with Crippen molar-refractivity contribution in [1.29, 1.82) is 5.41 Å². The molecule has 1 fully saturated rings. The number of allylic oxidation sites excluding steroid dienone is 2. The van der Waals surface area contributed by atoms with Gasteiger partial charge in [-0.25, -0.2) is 9.98 Å². The summed E-state index contributed by atoms with van der Waals surface area (Å²) < 4.78 is 4.78. The maximum absolute atomic E-state index is 13.3. The van der Waals surface area contributed by atoms with Crippen molar-refractivity contribution in [1.82, 2.24) is 9.71 Å². The number of thiol groups is 2. The first kappa shape index (κ1) is 32.4. The van der Waals surface area contributed by atoms with Gasteiger partial charge < -0.3 is 11.1 Å². The van der Waals surface area contributed by atoms with Gasteiger partial charge in [0.1, 0.15) is 10.8 Å². The average molecular weight is 679 g/mol. The molecule has 2 heterocycles. The second-order valence-corrected chi connectivity index (χ2v) is 18.3. The number of fused-ring (bicyclic) bond motifs is 1. The van der Waals surface area contributed by atoms with E-state index in [9.17, 15) is 4.79 Å². The summed E-state index contributed by atoms with van der Waals surface area (Å²) in [6.45, 7) is 3.89. The molecular formula is C32H34N6OS5. The first-order valence-electron chi connectivity index (χ1n) is 13.9. The van der Waals surface area contributed by atoms with Crippen molar-refractivity contribution in [3.63, 3.8) is 0 Å². The summed E-state index contributed by atoms with van der Waals surface area (Å²) in [4.78, 5) is 23.6. The van der Waals surface area contributed by atoms with Gasteiger partial charge in [0.2, 0.25) is 5.91 Å². The molecule has 1 amide bonds. The van der Waals surface area contributed by atoms with Crippen LogP contribution in [0.1, 0.15) is 42.4 Å². The zero-order valence-corrected chi connectivity index (χ0v) is 28.5. The Kier molecular flexibility index (Phi) is 10.6. The molecule has 5 rings (SSSR count). The smallest absolute Gasteiger partial charge is 0.238 e. The number of rotatable bonds is 10. The molecule has 2 atom stereocenters. The number of hydrogen-bond acceptors (Lipinski definition) is 9. The van der Waals surface area contributed by atoms with Gasteiger partial charge in [-0.15, -0.1) is 34.7 Å². The number of thiazole rings is 1. The van der Waals surface area contributed by atoms with Gasteiger partial charge in [-0.2, -0.15) is 0 Å². The van der Waals surface area contributed by atoms with E-state index in [0.717, 1.165) is 36.3 Å². The van der Waals surface area contributed by atoms with E-state index in [-0.39, 0.29) is 23.0 Å². The Bertz CT molecular complexity index is 1750. The van der Waals surface area contributed by atoms with Gasteiger partial charge >= 0.3 is 0 Å². The zero-order valence-electron chi connectivity index (χ0n) is 24.2. The number of amidine groups is 1. The van der Waals surface area contributed by atoms with Crippen LogP contribution in [0.5, 0.6) is 0 Å². The van der Waals surface area contributed by atoms with E-state index < -0.39 is 8.28 Å². The highest BCUT2D eigenvalue weighted by Crippen LogP contribution is 2.62. The summed E-state index contributed by atoms with van der Waals surface area (Å²) in [7, 11) is -2.15. The molecule has 0 aliphatic carbocycles. The Hall–Kier alpha value is -3.00. The molecule has 1 aliphatic heterocycles. The number of hydrogen-bond donors (Lipinski definition) is 6. The van der Waals surface area contributed by atoms with Crippen molar-refractivity contribution in [3.05, 3.63) is 113 Å². The molecule has 1 saturated heterocycles. The predicted octanol–water partition coefficient (Wildman–Crippen LogP) is 8.24. The number of carbonyl (C=O) groups excluding carboxylic acids is 1. The van der Waals surface area contributed by atoms with E-state index in [4.69, 9.17) is 39.4 Å². The molecule has 0 bridgehead atoms. The number of anilines is 1. The monoisotopic (exact) mass is 678 g/mol. The molecular weight excluding hydrogens is 645 g/mol. The molecule has 7 nitrogen and oxygen atoms in total. The number of carbonyl (C=O) groups is 1. The minimum Gasteiger partial charge on any atom is -0.384 e. The highest BCUT2D eigenvalue weighted by atomic mass is 33.5. The summed E-state index contributed by atoms with van der Waals surface area (Å²) in [5.41, 5.74) is 10.2. The number of thioether (sulfide) groups is 1. The molecule has 5 N–H and O–H groups in total. The van der Waals surface area contributed by atoms with Gasteiger partial charge in [0.25, 0.3) is 0 Å². The highest BCUT2D eigenvalue weighted by Gasteiger charge is 2.32. The van der Waals surface area contributed by atoms with E-state index in [1.165, 1.54) is 11.8 Å². The zero-order chi connectivity index (χ0) is 31.3. The average Bonchev–Trinajstić information content (AvgIpc) is 3.64. The number of benzene rings is 3. The lowest BCUT2D eigenvalue weighted by Gasteiger charge is -2.34. The SMILES string of the molecule is C\C=C/N=C1/SC(C(=O)Nc2cccc(S(S)(S)NC(Cc3cccc(C(=N)N)c3)c3nc4ccccc4s3)c2)C/C1=C/C. The van der Waals surface area contributed by atoms with Crippen LogP contribution in [0.2, 0.25) is 0 Å². The Labute approximate surface area is 277 Å². The third-order valence-electron chi connectivity index (χ3n) is 6.94. The van der Waals surface area contributed by atoms with Crippen LogP contribution in [0.25, 0.3) is 10.2 Å². The highest BCUT2D eigenvalue weighted by molar-refractivity contribution is 9.17. The first-order valence-corrected chi connectivity index (χ1v) is 19.4. The third-order valence-corrected chi connectivity index (χ3v) is 12.8. The molecule has 1 aromatic heterocycles. The molecule has 0 radical (unpaired) electrons. The van der Waals surface area contributed by atoms with Gasteiger partial charge in [-0.05, 0) is 74.2 Å². The number of nitrogens with two attached hydrogens (primary N) is 1. The van der Waals surface area contributed by atoms with Crippen LogP contribution in [0.15, 0.2) is 107 Å². The van der Waals surface area contributed by atoms with Crippen LogP contribution in [0.3, 0.4) is 0 Å². The fourth-order valence-corrected chi connectivity index (χ4v) is 9.74. The van der Waals surface area contributed by atoms with E-state index in [2.05, 4.69) is 21.1 Å². The van der Waals surface area contributed by atoms with E-state index >= 15 is 0 Å². The second kappa shape index (κ2) is 14.4. The van der Waals surface area contributed by atoms with Crippen LogP contribution in [0.4, 0.5) is 5.69 Å². The van der Waals surface area contributed by atoms with Gasteiger partial charge in [0.15, 0.2) is 0 Å². The topological polar surface area (TPSA) is 116 Å². The lowest BCUT2D eigenvalue weighted by molar-refractivity contribution is -0.115. The largest absolute Gasteiger partial charge is 0.384 e. The van der Waals surface area contributed by atoms with Crippen molar-refractivity contribution >= 4 is 87.4 Å².